The number of para-hydroxylation sites is 2. The molecule has 1 saturated heterocycles. The summed E-state index contributed by atoms with van der Waals surface area (Å²) in [5, 5.41) is 2.97. The van der Waals surface area contributed by atoms with Crippen LogP contribution < -0.4 is 10.2 Å². The summed E-state index contributed by atoms with van der Waals surface area (Å²) >= 11 is 0. The Kier molecular flexibility index (Phi) is 9.28. The number of carbonyl (C=O) groups excluding carboxylic acids is 1. The number of carbonyl (C=O) groups is 1. The van der Waals surface area contributed by atoms with E-state index in [9.17, 15) is 4.79 Å². The van der Waals surface area contributed by atoms with E-state index >= 15 is 0 Å². The van der Waals surface area contributed by atoms with Crippen LogP contribution in [0.25, 0.3) is 0 Å². The van der Waals surface area contributed by atoms with Crippen molar-refractivity contribution in [3.05, 3.63) is 60.2 Å². The average molecular weight is 436 g/mol. The number of benzene rings is 2. The van der Waals surface area contributed by atoms with Gasteiger partial charge in [-0.1, -0.05) is 36.4 Å². The summed E-state index contributed by atoms with van der Waals surface area (Å²) in [6, 6.07) is 19.2. The van der Waals surface area contributed by atoms with Gasteiger partial charge in [-0.3, -0.25) is 9.69 Å². The molecule has 1 fully saturated rings. The lowest BCUT2D eigenvalue weighted by Crippen LogP contribution is -2.55. The number of fused-ring (bicyclic) bond motifs is 3. The molecular formula is C23H31Cl2N3O. The van der Waals surface area contributed by atoms with Gasteiger partial charge < -0.3 is 10.2 Å². The predicted octanol–water partition coefficient (Wildman–Crippen LogP) is 4.78. The predicted molar refractivity (Wildman–Crippen MR) is 126 cm³/mol. The van der Waals surface area contributed by atoms with Crippen molar-refractivity contribution >= 4 is 42.1 Å². The second-order valence-corrected chi connectivity index (χ2v) is 7.69. The smallest absolute Gasteiger partial charge is 0.224 e. The van der Waals surface area contributed by atoms with Gasteiger partial charge in [0, 0.05) is 43.5 Å². The number of anilines is 2. The molecule has 29 heavy (non-hydrogen) atoms. The van der Waals surface area contributed by atoms with Gasteiger partial charge in [-0.25, -0.2) is 0 Å². The Morgan fingerprint density at radius 2 is 1.72 bits per heavy atom. The molecule has 4 nitrogen and oxygen atoms in total. The largest absolute Gasteiger partial charge is 0.366 e. The Bertz CT molecular complexity index is 772. The second-order valence-electron chi connectivity index (χ2n) is 7.69. The maximum Gasteiger partial charge on any atom is 0.224 e. The topological polar surface area (TPSA) is 35.6 Å². The molecule has 2 aliphatic heterocycles. The summed E-state index contributed by atoms with van der Waals surface area (Å²) in [5.74, 6) is 0.120. The van der Waals surface area contributed by atoms with Crippen molar-refractivity contribution in [1.29, 1.82) is 0 Å². The molecule has 1 N–H and O–H groups in total. The van der Waals surface area contributed by atoms with Crippen LogP contribution in [0.2, 0.25) is 0 Å². The van der Waals surface area contributed by atoms with Crippen molar-refractivity contribution in [1.82, 2.24) is 4.90 Å². The van der Waals surface area contributed by atoms with Crippen LogP contribution in [0.3, 0.4) is 0 Å². The number of halogens is 2. The first-order valence-electron chi connectivity index (χ1n) is 10.2. The SMILES string of the molecule is Cl.Cl.O=C(CCCCN1CCN2c3ccccc3CCC2C1)Nc1ccccc1. The Labute approximate surface area is 186 Å². The number of amides is 1. The van der Waals surface area contributed by atoms with Crippen molar-refractivity contribution in [3.8, 4) is 0 Å². The number of hydrogen-bond donors (Lipinski definition) is 1. The van der Waals surface area contributed by atoms with E-state index in [-0.39, 0.29) is 30.7 Å². The maximum atomic E-state index is 12.0. The molecule has 0 spiro atoms. The van der Waals surface area contributed by atoms with Gasteiger partial charge in [-0.15, -0.1) is 24.8 Å². The highest BCUT2D eigenvalue weighted by Crippen LogP contribution is 2.32. The molecular weight excluding hydrogens is 405 g/mol. The molecule has 0 saturated carbocycles. The molecule has 1 atom stereocenters. The molecule has 2 aromatic carbocycles. The van der Waals surface area contributed by atoms with Gasteiger partial charge in [-0.2, -0.15) is 0 Å². The van der Waals surface area contributed by atoms with Crippen LogP contribution in [-0.2, 0) is 11.2 Å². The van der Waals surface area contributed by atoms with Crippen LogP contribution in [-0.4, -0.2) is 43.0 Å². The van der Waals surface area contributed by atoms with E-state index in [2.05, 4.69) is 39.4 Å². The molecule has 2 aliphatic rings. The fourth-order valence-corrected chi connectivity index (χ4v) is 4.38. The Balaban J connectivity index is 0.00000150. The van der Waals surface area contributed by atoms with Crippen molar-refractivity contribution in [2.75, 3.05) is 36.4 Å². The first kappa shape index (κ1) is 23.5. The van der Waals surface area contributed by atoms with Crippen LogP contribution in [0.15, 0.2) is 54.6 Å². The molecule has 0 aliphatic carbocycles. The first-order chi connectivity index (χ1) is 13.3. The summed E-state index contributed by atoms with van der Waals surface area (Å²) in [6.45, 7) is 4.51. The molecule has 0 radical (unpaired) electrons. The van der Waals surface area contributed by atoms with Gasteiger partial charge >= 0.3 is 0 Å². The van der Waals surface area contributed by atoms with Crippen molar-refractivity contribution in [2.24, 2.45) is 0 Å². The summed E-state index contributed by atoms with van der Waals surface area (Å²) in [6.07, 6.45) is 5.10. The minimum atomic E-state index is 0. The number of unbranched alkanes of at least 4 members (excludes halogenated alkanes) is 1. The number of hydrogen-bond acceptors (Lipinski definition) is 3. The van der Waals surface area contributed by atoms with E-state index < -0.39 is 0 Å². The number of nitrogens with zero attached hydrogens (tertiary/aromatic N) is 2. The Hall–Kier alpha value is -1.75. The minimum absolute atomic E-state index is 0. The van der Waals surface area contributed by atoms with Gasteiger partial charge in [0.1, 0.15) is 0 Å². The Morgan fingerprint density at radius 1 is 0.966 bits per heavy atom. The minimum Gasteiger partial charge on any atom is -0.366 e. The summed E-state index contributed by atoms with van der Waals surface area (Å²) < 4.78 is 0. The van der Waals surface area contributed by atoms with E-state index in [4.69, 9.17) is 0 Å². The summed E-state index contributed by atoms with van der Waals surface area (Å²) in [7, 11) is 0. The lowest BCUT2D eigenvalue weighted by molar-refractivity contribution is -0.116. The molecule has 1 unspecified atom stereocenters. The monoisotopic (exact) mass is 435 g/mol. The highest BCUT2D eigenvalue weighted by molar-refractivity contribution is 5.90. The zero-order valence-corrected chi connectivity index (χ0v) is 18.4. The van der Waals surface area contributed by atoms with Crippen LogP contribution in [0.4, 0.5) is 11.4 Å². The van der Waals surface area contributed by atoms with Crippen LogP contribution in [0, 0.1) is 0 Å². The van der Waals surface area contributed by atoms with E-state index in [0.29, 0.717) is 12.5 Å². The fourth-order valence-electron chi connectivity index (χ4n) is 4.38. The molecule has 2 heterocycles. The standard InChI is InChI=1S/C23H29N3O.2ClH/c27-23(24-20-9-2-1-3-10-20)12-6-7-15-25-16-17-26-21(18-25)14-13-19-8-4-5-11-22(19)26;;/h1-5,8-11,21H,6-7,12-18H2,(H,24,27);2*1H. The summed E-state index contributed by atoms with van der Waals surface area (Å²) in [5.41, 5.74) is 3.84. The highest BCUT2D eigenvalue weighted by atomic mass is 35.5. The molecule has 6 heteroatoms. The van der Waals surface area contributed by atoms with Gasteiger partial charge in [0.2, 0.25) is 5.91 Å². The van der Waals surface area contributed by atoms with Crippen LogP contribution in [0.5, 0.6) is 0 Å². The third-order valence-electron chi connectivity index (χ3n) is 5.80. The zero-order valence-electron chi connectivity index (χ0n) is 16.8. The molecule has 0 aromatic heterocycles. The number of nitrogens with one attached hydrogen (secondary N) is 1. The molecule has 158 valence electrons. The van der Waals surface area contributed by atoms with Gasteiger partial charge in [0.25, 0.3) is 0 Å². The first-order valence-corrected chi connectivity index (χ1v) is 10.2. The van der Waals surface area contributed by atoms with Crippen LogP contribution >= 0.6 is 24.8 Å². The molecule has 2 aromatic rings. The lowest BCUT2D eigenvalue weighted by Gasteiger charge is -2.46. The highest BCUT2D eigenvalue weighted by Gasteiger charge is 2.30. The molecule has 1 amide bonds. The molecule has 4 rings (SSSR count). The normalized spacial score (nSPS) is 17.9. The van der Waals surface area contributed by atoms with Crippen LogP contribution in [0.1, 0.15) is 31.2 Å². The van der Waals surface area contributed by atoms with Crippen molar-refractivity contribution in [2.45, 2.75) is 38.1 Å². The van der Waals surface area contributed by atoms with Crippen molar-refractivity contribution < 1.29 is 4.79 Å². The average Bonchev–Trinajstić information content (AvgIpc) is 2.71. The fraction of sp³-hybridized carbons (Fsp3) is 0.435. The third-order valence-corrected chi connectivity index (χ3v) is 5.80. The lowest BCUT2D eigenvalue weighted by atomic mass is 9.94. The van der Waals surface area contributed by atoms with E-state index in [1.807, 2.05) is 30.3 Å². The van der Waals surface area contributed by atoms with Crippen molar-refractivity contribution in [3.63, 3.8) is 0 Å². The second kappa shape index (κ2) is 11.4. The summed E-state index contributed by atoms with van der Waals surface area (Å²) in [4.78, 5) is 17.2. The quantitative estimate of drug-likeness (QED) is 0.663. The number of rotatable bonds is 6. The number of piperazine rings is 1. The van der Waals surface area contributed by atoms with E-state index in [0.717, 1.165) is 44.7 Å². The molecule has 0 bridgehead atoms. The van der Waals surface area contributed by atoms with Gasteiger partial charge in [0.15, 0.2) is 0 Å². The number of aryl methyl sites for hydroxylation is 1. The maximum absolute atomic E-state index is 12.0. The van der Waals surface area contributed by atoms with Gasteiger partial charge in [-0.05, 0) is 56.0 Å². The van der Waals surface area contributed by atoms with E-state index in [1.54, 1.807) is 0 Å². The van der Waals surface area contributed by atoms with E-state index in [1.165, 1.54) is 24.1 Å². The Morgan fingerprint density at radius 3 is 2.55 bits per heavy atom. The van der Waals surface area contributed by atoms with Gasteiger partial charge in [0.05, 0.1) is 0 Å². The third kappa shape index (κ3) is 6.11. The zero-order chi connectivity index (χ0) is 18.5.